The molecule has 22 heavy (non-hydrogen) atoms. The minimum atomic E-state index is -0.626. The van der Waals surface area contributed by atoms with Crippen LogP contribution in [0.25, 0.3) is 0 Å². The Morgan fingerprint density at radius 1 is 1.18 bits per heavy atom. The van der Waals surface area contributed by atoms with Gasteiger partial charge in [0.05, 0.1) is 10.9 Å². The van der Waals surface area contributed by atoms with Crippen molar-refractivity contribution in [1.29, 1.82) is 0 Å². The van der Waals surface area contributed by atoms with Crippen LogP contribution in [-0.2, 0) is 6.61 Å². The molecule has 0 saturated heterocycles. The number of hydrogen-bond acceptors (Lipinski definition) is 3. The van der Waals surface area contributed by atoms with Crippen molar-refractivity contribution in [3.63, 3.8) is 0 Å². The lowest BCUT2D eigenvalue weighted by atomic mass is 9.91. The summed E-state index contributed by atoms with van der Waals surface area (Å²) >= 11 is 3.53. The maximum Gasteiger partial charge on any atom is 0.126 e. The van der Waals surface area contributed by atoms with Crippen LogP contribution in [0.5, 0.6) is 11.5 Å². The Kier molecular flexibility index (Phi) is 4.15. The lowest BCUT2D eigenvalue weighted by Crippen LogP contribution is -2.45. The number of fused-ring (bicyclic) bond motifs is 1. The highest BCUT2D eigenvalue weighted by atomic mass is 79.9. The molecule has 0 aliphatic carbocycles. The van der Waals surface area contributed by atoms with Crippen LogP contribution in [0.15, 0.2) is 48.5 Å². The third-order valence-electron chi connectivity index (χ3n) is 3.86. The molecule has 2 atom stereocenters. The van der Waals surface area contributed by atoms with Gasteiger partial charge in [0.2, 0.25) is 0 Å². The van der Waals surface area contributed by atoms with Gasteiger partial charge in [0.25, 0.3) is 0 Å². The van der Waals surface area contributed by atoms with Gasteiger partial charge in [0.1, 0.15) is 23.7 Å². The summed E-state index contributed by atoms with van der Waals surface area (Å²) in [6, 6.07) is 15.6. The molecular formula is C18H19BrO3. The summed E-state index contributed by atoms with van der Waals surface area (Å²) in [5.74, 6) is 1.44. The second kappa shape index (κ2) is 5.94. The molecule has 2 unspecified atom stereocenters. The SMILES string of the molecule is CC1(C)Oc2ccc(OCc3ccccc3)cc2C(O)C1Br. The van der Waals surface area contributed by atoms with E-state index in [9.17, 15) is 5.11 Å². The van der Waals surface area contributed by atoms with Gasteiger partial charge in [0.15, 0.2) is 0 Å². The average Bonchev–Trinajstić information content (AvgIpc) is 2.52. The molecule has 0 aromatic heterocycles. The lowest BCUT2D eigenvalue weighted by Gasteiger charge is -2.40. The predicted molar refractivity (Wildman–Crippen MR) is 89.6 cm³/mol. The molecule has 0 amide bonds. The Morgan fingerprint density at radius 3 is 2.64 bits per heavy atom. The highest BCUT2D eigenvalue weighted by Gasteiger charge is 2.41. The fraction of sp³-hybridized carbons (Fsp3) is 0.333. The maximum absolute atomic E-state index is 10.5. The van der Waals surface area contributed by atoms with Crippen molar-refractivity contribution in [2.75, 3.05) is 0 Å². The van der Waals surface area contributed by atoms with Crippen molar-refractivity contribution >= 4 is 15.9 Å². The maximum atomic E-state index is 10.5. The van der Waals surface area contributed by atoms with Crippen LogP contribution < -0.4 is 9.47 Å². The van der Waals surface area contributed by atoms with Gasteiger partial charge in [0, 0.05) is 5.56 Å². The Morgan fingerprint density at radius 2 is 1.91 bits per heavy atom. The minimum Gasteiger partial charge on any atom is -0.489 e. The Balaban J connectivity index is 1.79. The Hall–Kier alpha value is -1.52. The van der Waals surface area contributed by atoms with Gasteiger partial charge in [-0.25, -0.2) is 0 Å². The van der Waals surface area contributed by atoms with Crippen molar-refractivity contribution in [2.24, 2.45) is 0 Å². The molecule has 116 valence electrons. The van der Waals surface area contributed by atoms with E-state index in [1.807, 2.05) is 62.4 Å². The molecule has 1 aliphatic rings. The van der Waals surface area contributed by atoms with Crippen LogP contribution >= 0.6 is 15.9 Å². The minimum absolute atomic E-state index is 0.170. The second-order valence-electron chi connectivity index (χ2n) is 6.03. The zero-order valence-electron chi connectivity index (χ0n) is 12.6. The van der Waals surface area contributed by atoms with E-state index in [1.165, 1.54) is 0 Å². The van der Waals surface area contributed by atoms with E-state index in [4.69, 9.17) is 9.47 Å². The van der Waals surface area contributed by atoms with Gasteiger partial charge in [-0.3, -0.25) is 0 Å². The van der Waals surface area contributed by atoms with Crippen molar-refractivity contribution in [3.8, 4) is 11.5 Å². The summed E-state index contributed by atoms with van der Waals surface area (Å²) in [7, 11) is 0. The molecule has 0 radical (unpaired) electrons. The van der Waals surface area contributed by atoms with E-state index in [1.54, 1.807) is 0 Å². The van der Waals surface area contributed by atoms with Gasteiger partial charge in [-0.15, -0.1) is 0 Å². The lowest BCUT2D eigenvalue weighted by molar-refractivity contribution is 0.0223. The fourth-order valence-electron chi connectivity index (χ4n) is 2.56. The first kappa shape index (κ1) is 15.4. The molecule has 1 N–H and O–H groups in total. The van der Waals surface area contributed by atoms with E-state index in [2.05, 4.69) is 15.9 Å². The second-order valence-corrected chi connectivity index (χ2v) is 7.01. The monoisotopic (exact) mass is 362 g/mol. The summed E-state index contributed by atoms with van der Waals surface area (Å²) in [6.07, 6.45) is -0.626. The number of aliphatic hydroxyl groups is 1. The number of benzene rings is 2. The highest BCUT2D eigenvalue weighted by Crippen LogP contribution is 2.44. The number of halogens is 1. The first-order chi connectivity index (χ1) is 10.5. The van der Waals surface area contributed by atoms with Crippen molar-refractivity contribution in [3.05, 3.63) is 59.7 Å². The van der Waals surface area contributed by atoms with Crippen LogP contribution in [0, 0.1) is 0 Å². The highest BCUT2D eigenvalue weighted by molar-refractivity contribution is 9.09. The number of aliphatic hydroxyl groups excluding tert-OH is 1. The molecule has 0 saturated carbocycles. The molecule has 3 nitrogen and oxygen atoms in total. The largest absolute Gasteiger partial charge is 0.489 e. The normalized spacial score (nSPS) is 22.5. The third kappa shape index (κ3) is 2.99. The molecule has 1 aliphatic heterocycles. The first-order valence-corrected chi connectivity index (χ1v) is 8.21. The molecular weight excluding hydrogens is 344 g/mol. The van der Waals surface area contributed by atoms with Crippen LogP contribution in [0.3, 0.4) is 0 Å². The topological polar surface area (TPSA) is 38.7 Å². The summed E-state index contributed by atoms with van der Waals surface area (Å²) < 4.78 is 11.8. The van der Waals surface area contributed by atoms with Crippen molar-refractivity contribution < 1.29 is 14.6 Å². The van der Waals surface area contributed by atoms with E-state index in [-0.39, 0.29) is 4.83 Å². The van der Waals surface area contributed by atoms with E-state index >= 15 is 0 Å². The molecule has 2 aromatic rings. The Bertz CT molecular complexity index is 655. The molecule has 1 heterocycles. The smallest absolute Gasteiger partial charge is 0.126 e. The Labute approximate surface area is 139 Å². The summed E-state index contributed by atoms with van der Waals surface area (Å²) in [5.41, 5.74) is 1.40. The van der Waals surface area contributed by atoms with E-state index in [0.29, 0.717) is 12.4 Å². The molecule has 2 aromatic carbocycles. The van der Waals surface area contributed by atoms with Crippen LogP contribution in [0.4, 0.5) is 0 Å². The zero-order chi connectivity index (χ0) is 15.7. The molecule has 0 spiro atoms. The molecule has 4 heteroatoms. The van der Waals surface area contributed by atoms with Crippen LogP contribution in [-0.4, -0.2) is 15.5 Å². The fourth-order valence-corrected chi connectivity index (χ4v) is 2.94. The number of rotatable bonds is 3. The summed E-state index contributed by atoms with van der Waals surface area (Å²) in [4.78, 5) is -0.170. The van der Waals surface area contributed by atoms with Crippen molar-refractivity contribution in [1.82, 2.24) is 0 Å². The molecule has 3 rings (SSSR count). The van der Waals surface area contributed by atoms with Gasteiger partial charge < -0.3 is 14.6 Å². The van der Waals surface area contributed by atoms with Crippen molar-refractivity contribution in [2.45, 2.75) is 37.0 Å². The number of ether oxygens (including phenoxy) is 2. The van der Waals surface area contributed by atoms with Crippen LogP contribution in [0.1, 0.15) is 31.1 Å². The summed E-state index contributed by atoms with van der Waals surface area (Å²) in [6.45, 7) is 4.41. The number of hydrogen-bond donors (Lipinski definition) is 1. The number of alkyl halides is 1. The van der Waals surface area contributed by atoms with Crippen LogP contribution in [0.2, 0.25) is 0 Å². The average molecular weight is 363 g/mol. The van der Waals surface area contributed by atoms with E-state index < -0.39 is 11.7 Å². The third-order valence-corrected chi connectivity index (χ3v) is 5.47. The van der Waals surface area contributed by atoms with E-state index in [0.717, 1.165) is 16.9 Å². The standard InChI is InChI=1S/C18H19BrO3/c1-18(2)17(19)16(20)14-10-13(8-9-15(14)22-18)21-11-12-6-4-3-5-7-12/h3-10,16-17,20H,11H2,1-2H3. The van der Waals surface area contributed by atoms with Gasteiger partial charge in [-0.2, -0.15) is 0 Å². The quantitative estimate of drug-likeness (QED) is 0.830. The first-order valence-electron chi connectivity index (χ1n) is 7.29. The molecule has 0 bridgehead atoms. The summed E-state index contributed by atoms with van der Waals surface area (Å²) in [5, 5.41) is 10.5. The van der Waals surface area contributed by atoms with Gasteiger partial charge >= 0.3 is 0 Å². The molecule has 0 fully saturated rings. The predicted octanol–water partition coefficient (Wildman–Crippen LogP) is 4.23. The van der Waals surface area contributed by atoms with Gasteiger partial charge in [-0.1, -0.05) is 46.3 Å². The zero-order valence-corrected chi connectivity index (χ0v) is 14.2. The van der Waals surface area contributed by atoms with Gasteiger partial charge in [-0.05, 0) is 37.6 Å².